The van der Waals surface area contributed by atoms with Crippen LogP contribution in [0.1, 0.15) is 70.1 Å². The van der Waals surface area contributed by atoms with Gasteiger partial charge in [0.15, 0.2) is 5.82 Å². The van der Waals surface area contributed by atoms with Gasteiger partial charge in [0.05, 0.1) is 35.7 Å². The number of amides is 7. The third-order valence-electron chi connectivity index (χ3n) is 11.3. The van der Waals surface area contributed by atoms with Crippen molar-refractivity contribution in [3.05, 3.63) is 77.5 Å². The summed E-state index contributed by atoms with van der Waals surface area (Å²) in [5, 5.41) is 6.54. The van der Waals surface area contributed by atoms with Crippen LogP contribution in [0, 0.1) is 6.92 Å². The van der Waals surface area contributed by atoms with Gasteiger partial charge < -0.3 is 44.6 Å². The molecule has 366 valence electrons. The number of ether oxygens (including phenoxy) is 2. The fraction of sp³-hybridized carbons (Fsp3) is 0.378. The van der Waals surface area contributed by atoms with Crippen molar-refractivity contribution in [1.29, 1.82) is 0 Å². The van der Waals surface area contributed by atoms with E-state index < -0.39 is 34.8 Å². The van der Waals surface area contributed by atoms with E-state index in [1.54, 1.807) is 58.1 Å². The van der Waals surface area contributed by atoms with Gasteiger partial charge in [-0.25, -0.2) is 20.4 Å². The van der Waals surface area contributed by atoms with E-state index in [0.717, 1.165) is 4.90 Å². The average molecular weight is 969 g/mol. The molecular formula is C45H56N14O9S. The van der Waals surface area contributed by atoms with Gasteiger partial charge in [-0.2, -0.15) is 12.6 Å². The van der Waals surface area contributed by atoms with Crippen LogP contribution in [0.25, 0.3) is 22.1 Å². The lowest BCUT2D eigenvalue weighted by atomic mass is 10.1. The molecule has 6 rings (SSSR count). The first-order valence-electron chi connectivity index (χ1n) is 22.0. The number of carbonyl (C=O) groups is 7. The number of hydrogen-bond acceptors (Lipinski definition) is 15. The highest BCUT2D eigenvalue weighted by Gasteiger charge is 2.36. The van der Waals surface area contributed by atoms with Crippen molar-refractivity contribution in [2.75, 3.05) is 58.1 Å². The van der Waals surface area contributed by atoms with E-state index in [9.17, 15) is 33.6 Å². The van der Waals surface area contributed by atoms with Crippen LogP contribution >= 0.6 is 12.6 Å². The Labute approximate surface area is 402 Å². The second-order valence-corrected chi connectivity index (χ2v) is 16.5. The monoisotopic (exact) mass is 968 g/mol. The number of carbonyl (C=O) groups excluding carboxylic acids is 7. The largest absolute Gasteiger partial charge is 0.494 e. The summed E-state index contributed by atoms with van der Waals surface area (Å²) in [7, 11) is 4.68. The summed E-state index contributed by atoms with van der Waals surface area (Å²) in [6, 6.07) is 5.93. The number of aromatic nitrogens is 6. The number of methoxy groups -OCH3 is 1. The number of nitrogens with zero attached hydrogens (tertiary/aromatic N) is 9. The number of benzene rings is 2. The average Bonchev–Trinajstić information content (AvgIpc) is 4.05. The Balaban J connectivity index is 1.32. The van der Waals surface area contributed by atoms with E-state index in [2.05, 4.69) is 45.2 Å². The molecule has 7 amide bonds. The maximum absolute atomic E-state index is 13.8. The van der Waals surface area contributed by atoms with E-state index >= 15 is 0 Å². The molecule has 1 aliphatic rings. The normalized spacial score (nSPS) is 13.7. The summed E-state index contributed by atoms with van der Waals surface area (Å²) in [5.41, 5.74) is 16.7. The Kier molecular flexibility index (Phi) is 16.1. The standard InChI is InChI=1S/C45H56N14O9S/c1-8-55-24-25(3)49-40(55)42(65)53-45-51-30-20-28(39(47)63)22-32(68-18-12-14-54(6)34(60)13-17-56-35(61)23-33(69)43(56)66)37(30)58(45)16-11-10-15-57-36-29(19-27(38(46)62)21-31(36)67-7)50-44(57)52-41(64)26(4)59(9-2)48-5/h10-11,19-22,24,33,48,69H,4,8-9,12-18,23H2,1-3,5-7H3,(H2,46,62)(H2,47,63)(H,50,52,64)(H,51,53,65)/b11-10+. The molecule has 0 aliphatic carbocycles. The fourth-order valence-electron chi connectivity index (χ4n) is 7.73. The lowest BCUT2D eigenvalue weighted by Crippen LogP contribution is -2.38. The van der Waals surface area contributed by atoms with Gasteiger partial charge in [-0.3, -0.25) is 49.1 Å². The van der Waals surface area contributed by atoms with E-state index in [0.29, 0.717) is 41.8 Å². The second kappa shape index (κ2) is 21.9. The highest BCUT2D eigenvalue weighted by molar-refractivity contribution is 7.81. The van der Waals surface area contributed by atoms with E-state index in [1.165, 1.54) is 36.3 Å². The van der Waals surface area contributed by atoms with Gasteiger partial charge in [-0.1, -0.05) is 18.7 Å². The summed E-state index contributed by atoms with van der Waals surface area (Å²) >= 11 is 4.14. The van der Waals surface area contributed by atoms with E-state index in [4.69, 9.17) is 25.9 Å². The molecule has 0 saturated carbocycles. The number of hydrazine groups is 1. The topological polar surface area (TPSA) is 289 Å². The molecule has 0 spiro atoms. The first-order valence-corrected chi connectivity index (χ1v) is 22.5. The zero-order chi connectivity index (χ0) is 50.3. The number of primary amides is 2. The number of aryl methyl sites for hydroxylation is 2. The molecule has 5 aromatic rings. The summed E-state index contributed by atoms with van der Waals surface area (Å²) < 4.78 is 17.0. The van der Waals surface area contributed by atoms with Crippen LogP contribution in [0.5, 0.6) is 11.5 Å². The van der Waals surface area contributed by atoms with Crippen LogP contribution in [0.4, 0.5) is 11.9 Å². The Morgan fingerprint density at radius 2 is 1.52 bits per heavy atom. The lowest BCUT2D eigenvalue weighted by molar-refractivity contribution is -0.139. The molecule has 7 N–H and O–H groups in total. The van der Waals surface area contributed by atoms with Gasteiger partial charge in [0.1, 0.15) is 28.2 Å². The Morgan fingerprint density at radius 3 is 2.06 bits per heavy atom. The number of rotatable bonds is 23. The number of nitrogens with two attached hydrogens (primary N) is 2. The summed E-state index contributed by atoms with van der Waals surface area (Å²) in [5.74, 6) is -2.80. The molecule has 1 aliphatic heterocycles. The molecule has 1 atom stereocenters. The van der Waals surface area contributed by atoms with Crippen LogP contribution in [0.15, 0.2) is 54.9 Å². The highest BCUT2D eigenvalue weighted by atomic mass is 32.1. The Bertz CT molecular complexity index is 2880. The lowest BCUT2D eigenvalue weighted by Gasteiger charge is -2.22. The fourth-order valence-corrected chi connectivity index (χ4v) is 8.03. The molecule has 1 unspecified atom stereocenters. The predicted molar refractivity (Wildman–Crippen MR) is 258 cm³/mol. The number of likely N-dealkylation sites (N-methyl/N-ethyl adjacent to an activating group) is 1. The number of anilines is 2. The summed E-state index contributed by atoms with van der Waals surface area (Å²) in [6.07, 6.45) is 5.58. The number of likely N-dealkylation sites (tertiary alicyclic amines) is 1. The van der Waals surface area contributed by atoms with Crippen molar-refractivity contribution in [2.45, 2.75) is 64.9 Å². The number of imide groups is 1. The quantitative estimate of drug-likeness (QED) is 0.0137. The second-order valence-electron chi connectivity index (χ2n) is 15.9. The number of thiol groups is 1. The predicted octanol–water partition coefficient (Wildman–Crippen LogP) is 2.21. The zero-order valence-corrected chi connectivity index (χ0v) is 40.1. The molecule has 1 saturated heterocycles. The van der Waals surface area contributed by atoms with Crippen LogP contribution in [-0.2, 0) is 38.8 Å². The molecular weight excluding hydrogens is 913 g/mol. The van der Waals surface area contributed by atoms with Crippen LogP contribution in [0.2, 0.25) is 0 Å². The van der Waals surface area contributed by atoms with Crippen LogP contribution in [-0.4, -0.2) is 138 Å². The number of hydrogen-bond donors (Lipinski definition) is 6. The Morgan fingerprint density at radius 1 is 0.928 bits per heavy atom. The van der Waals surface area contributed by atoms with Gasteiger partial charge in [0.25, 0.3) is 11.8 Å². The molecule has 69 heavy (non-hydrogen) atoms. The van der Waals surface area contributed by atoms with Gasteiger partial charge in [-0.15, -0.1) is 0 Å². The molecule has 0 radical (unpaired) electrons. The van der Waals surface area contributed by atoms with Crippen molar-refractivity contribution < 1.29 is 43.0 Å². The summed E-state index contributed by atoms with van der Waals surface area (Å²) in [4.78, 5) is 106. The minimum atomic E-state index is -0.752. The number of nitrogens with one attached hydrogen (secondary N) is 3. The first-order chi connectivity index (χ1) is 32.9. The number of allylic oxidation sites excluding steroid dienone is 2. The van der Waals surface area contributed by atoms with Crippen molar-refractivity contribution in [1.82, 2.24) is 48.9 Å². The molecule has 24 heteroatoms. The third kappa shape index (κ3) is 11.2. The number of fused-ring (bicyclic) bond motifs is 2. The molecule has 23 nitrogen and oxygen atoms in total. The van der Waals surface area contributed by atoms with E-state index in [1.807, 2.05) is 13.8 Å². The minimum Gasteiger partial charge on any atom is -0.494 e. The number of imidazole rings is 3. The minimum absolute atomic E-state index is 0.00462. The van der Waals surface area contributed by atoms with Crippen LogP contribution < -0.4 is 37.0 Å². The van der Waals surface area contributed by atoms with Gasteiger partial charge >= 0.3 is 0 Å². The SMILES string of the molecule is C=C(C(=O)Nc1nc2cc(C(N)=O)cc(OC)c2n1C/C=C/Cn1c(NC(=O)c2nc(C)cn2CC)nc2cc(C(N)=O)cc(OCCCN(C)C(=O)CCN3C(=O)CC(S)C3=O)c21)N(CC)NC. The van der Waals surface area contributed by atoms with Crippen molar-refractivity contribution >= 4 is 87.9 Å². The zero-order valence-electron chi connectivity index (χ0n) is 39.2. The van der Waals surface area contributed by atoms with Crippen molar-refractivity contribution in [2.24, 2.45) is 11.5 Å². The van der Waals surface area contributed by atoms with Crippen LogP contribution in [0.3, 0.4) is 0 Å². The molecule has 1 fully saturated rings. The maximum Gasteiger partial charge on any atom is 0.293 e. The van der Waals surface area contributed by atoms with Crippen molar-refractivity contribution in [3.8, 4) is 11.5 Å². The summed E-state index contributed by atoms with van der Waals surface area (Å²) in [6.45, 7) is 10.7. The smallest absolute Gasteiger partial charge is 0.293 e. The van der Waals surface area contributed by atoms with Gasteiger partial charge in [0, 0.05) is 83.5 Å². The third-order valence-corrected chi connectivity index (χ3v) is 11.7. The molecule has 4 heterocycles. The molecule has 3 aromatic heterocycles. The highest BCUT2D eigenvalue weighted by Crippen LogP contribution is 2.33. The maximum atomic E-state index is 13.8. The van der Waals surface area contributed by atoms with Crippen molar-refractivity contribution in [3.63, 3.8) is 0 Å². The Hall–Kier alpha value is -7.73. The molecule has 2 aromatic carbocycles. The van der Waals surface area contributed by atoms with E-state index in [-0.39, 0.29) is 109 Å². The van der Waals surface area contributed by atoms with Gasteiger partial charge in [0.2, 0.25) is 41.4 Å². The first kappa shape index (κ1) is 50.7. The molecule has 0 bridgehead atoms. The van der Waals surface area contributed by atoms with Gasteiger partial charge in [-0.05, 0) is 51.5 Å².